The van der Waals surface area contributed by atoms with Gasteiger partial charge in [0.15, 0.2) is 0 Å². The highest BCUT2D eigenvalue weighted by atomic mass is 16.5. The molecule has 2 atom stereocenters. The number of carbonyl (C=O) groups is 2. The number of ether oxygens (including phenoxy) is 1. The SMILES string of the molecule is CCC(=O)N1CCCC[C@@H]1C(=O)N[C@H]1COc2ccccc2C1. The number of hydrogen-bond donors (Lipinski definition) is 1. The molecule has 5 heteroatoms. The zero-order valence-electron chi connectivity index (χ0n) is 13.6. The third-order valence-electron chi connectivity index (χ3n) is 4.65. The first-order chi connectivity index (χ1) is 11.2. The van der Waals surface area contributed by atoms with Gasteiger partial charge in [0.25, 0.3) is 0 Å². The second-order valence-corrected chi connectivity index (χ2v) is 6.28. The van der Waals surface area contributed by atoms with Crippen molar-refractivity contribution in [2.75, 3.05) is 13.2 Å². The van der Waals surface area contributed by atoms with E-state index in [1.807, 2.05) is 31.2 Å². The zero-order chi connectivity index (χ0) is 16.2. The molecule has 0 unspecified atom stereocenters. The van der Waals surface area contributed by atoms with E-state index in [0.717, 1.165) is 37.0 Å². The smallest absolute Gasteiger partial charge is 0.243 e. The van der Waals surface area contributed by atoms with Crippen LogP contribution in [0.2, 0.25) is 0 Å². The lowest BCUT2D eigenvalue weighted by Gasteiger charge is -2.36. The summed E-state index contributed by atoms with van der Waals surface area (Å²) in [5.74, 6) is 0.924. The molecule has 1 saturated heterocycles. The summed E-state index contributed by atoms with van der Waals surface area (Å²) in [6, 6.07) is 7.56. The lowest BCUT2D eigenvalue weighted by Crippen LogP contribution is -2.55. The third-order valence-corrected chi connectivity index (χ3v) is 4.65. The fourth-order valence-corrected chi connectivity index (χ4v) is 3.42. The minimum atomic E-state index is -0.326. The Kier molecular flexibility index (Phi) is 4.84. The van der Waals surface area contributed by atoms with Gasteiger partial charge in [-0.1, -0.05) is 25.1 Å². The highest BCUT2D eigenvalue weighted by molar-refractivity contribution is 5.88. The van der Waals surface area contributed by atoms with E-state index in [-0.39, 0.29) is 23.9 Å². The number of benzene rings is 1. The van der Waals surface area contributed by atoms with E-state index < -0.39 is 0 Å². The number of carbonyl (C=O) groups excluding carboxylic acids is 2. The Morgan fingerprint density at radius 3 is 2.96 bits per heavy atom. The van der Waals surface area contributed by atoms with Crippen molar-refractivity contribution in [1.29, 1.82) is 0 Å². The van der Waals surface area contributed by atoms with E-state index in [2.05, 4.69) is 5.32 Å². The lowest BCUT2D eigenvalue weighted by atomic mass is 9.99. The molecule has 23 heavy (non-hydrogen) atoms. The largest absolute Gasteiger partial charge is 0.491 e. The van der Waals surface area contributed by atoms with Crippen LogP contribution in [0.25, 0.3) is 0 Å². The number of fused-ring (bicyclic) bond motifs is 1. The molecule has 0 spiro atoms. The van der Waals surface area contributed by atoms with Gasteiger partial charge < -0.3 is 15.0 Å². The van der Waals surface area contributed by atoms with E-state index in [4.69, 9.17) is 4.74 Å². The predicted molar refractivity (Wildman–Crippen MR) is 87.2 cm³/mol. The number of hydrogen-bond acceptors (Lipinski definition) is 3. The molecule has 0 radical (unpaired) electrons. The fourth-order valence-electron chi connectivity index (χ4n) is 3.42. The van der Waals surface area contributed by atoms with Gasteiger partial charge >= 0.3 is 0 Å². The van der Waals surface area contributed by atoms with Gasteiger partial charge in [0.2, 0.25) is 11.8 Å². The number of para-hydroxylation sites is 1. The summed E-state index contributed by atoms with van der Waals surface area (Å²) < 4.78 is 5.72. The third kappa shape index (κ3) is 3.49. The van der Waals surface area contributed by atoms with Crippen LogP contribution in [0, 0.1) is 0 Å². The molecule has 5 nitrogen and oxygen atoms in total. The molecular weight excluding hydrogens is 292 g/mol. The van der Waals surface area contributed by atoms with Gasteiger partial charge in [-0.15, -0.1) is 0 Å². The molecule has 1 aromatic carbocycles. The van der Waals surface area contributed by atoms with Crippen molar-refractivity contribution in [2.45, 2.75) is 51.1 Å². The van der Waals surface area contributed by atoms with Crippen LogP contribution in [0.4, 0.5) is 0 Å². The topological polar surface area (TPSA) is 58.6 Å². The van der Waals surface area contributed by atoms with Crippen LogP contribution in [0.1, 0.15) is 38.2 Å². The Bertz CT molecular complexity index is 587. The first kappa shape index (κ1) is 15.8. The van der Waals surface area contributed by atoms with Gasteiger partial charge in [-0.3, -0.25) is 9.59 Å². The molecular formula is C18H24N2O3. The van der Waals surface area contributed by atoms with Crippen molar-refractivity contribution < 1.29 is 14.3 Å². The molecule has 0 aromatic heterocycles. The van der Waals surface area contributed by atoms with Crippen molar-refractivity contribution >= 4 is 11.8 Å². The molecule has 124 valence electrons. The van der Waals surface area contributed by atoms with Gasteiger partial charge in [-0.25, -0.2) is 0 Å². The number of likely N-dealkylation sites (tertiary alicyclic amines) is 1. The number of amides is 2. The average Bonchev–Trinajstić information content (AvgIpc) is 2.61. The highest BCUT2D eigenvalue weighted by Gasteiger charge is 2.33. The lowest BCUT2D eigenvalue weighted by molar-refractivity contribution is -0.142. The van der Waals surface area contributed by atoms with Crippen molar-refractivity contribution in [3.63, 3.8) is 0 Å². The van der Waals surface area contributed by atoms with E-state index in [1.54, 1.807) is 4.90 Å². The first-order valence-electron chi connectivity index (χ1n) is 8.49. The molecule has 0 bridgehead atoms. The average molecular weight is 316 g/mol. The van der Waals surface area contributed by atoms with Crippen molar-refractivity contribution in [2.24, 2.45) is 0 Å². The molecule has 0 aliphatic carbocycles. The normalized spacial score (nSPS) is 23.6. The fraction of sp³-hybridized carbons (Fsp3) is 0.556. The number of nitrogens with one attached hydrogen (secondary N) is 1. The molecule has 1 fully saturated rings. The van der Waals surface area contributed by atoms with Crippen LogP contribution in [0.5, 0.6) is 5.75 Å². The minimum absolute atomic E-state index is 0.0297. The maximum absolute atomic E-state index is 12.6. The Balaban J connectivity index is 1.63. The second-order valence-electron chi connectivity index (χ2n) is 6.28. The van der Waals surface area contributed by atoms with Crippen LogP contribution in [0.15, 0.2) is 24.3 Å². The monoisotopic (exact) mass is 316 g/mol. The summed E-state index contributed by atoms with van der Waals surface area (Å²) in [4.78, 5) is 26.5. The molecule has 1 N–H and O–H groups in total. The van der Waals surface area contributed by atoms with Crippen LogP contribution >= 0.6 is 0 Å². The molecule has 3 rings (SSSR count). The summed E-state index contributed by atoms with van der Waals surface area (Å²) in [5.41, 5.74) is 1.12. The summed E-state index contributed by atoms with van der Waals surface area (Å²) in [6.45, 7) is 3.02. The van der Waals surface area contributed by atoms with E-state index in [9.17, 15) is 9.59 Å². The zero-order valence-corrected chi connectivity index (χ0v) is 13.6. The Morgan fingerprint density at radius 2 is 2.13 bits per heavy atom. The van der Waals surface area contributed by atoms with Crippen LogP contribution in [-0.4, -0.2) is 41.9 Å². The summed E-state index contributed by atoms with van der Waals surface area (Å²) >= 11 is 0. The van der Waals surface area contributed by atoms with Crippen LogP contribution in [0.3, 0.4) is 0 Å². The van der Waals surface area contributed by atoms with E-state index in [1.165, 1.54) is 0 Å². The Morgan fingerprint density at radius 1 is 1.30 bits per heavy atom. The van der Waals surface area contributed by atoms with Crippen molar-refractivity contribution in [3.05, 3.63) is 29.8 Å². The van der Waals surface area contributed by atoms with Gasteiger partial charge in [0.1, 0.15) is 18.4 Å². The molecule has 0 saturated carbocycles. The standard InChI is InChI=1S/C18H24N2O3/c1-2-17(21)20-10-6-5-8-15(20)18(22)19-14-11-13-7-3-4-9-16(13)23-12-14/h3-4,7,9,14-15H,2,5-6,8,10-12H2,1H3,(H,19,22)/t14-,15-/m1/s1. The van der Waals surface area contributed by atoms with Gasteiger partial charge in [0, 0.05) is 13.0 Å². The first-order valence-corrected chi connectivity index (χ1v) is 8.49. The highest BCUT2D eigenvalue weighted by Crippen LogP contribution is 2.24. The van der Waals surface area contributed by atoms with Gasteiger partial charge in [0.05, 0.1) is 6.04 Å². The van der Waals surface area contributed by atoms with Gasteiger partial charge in [-0.05, 0) is 37.3 Å². The molecule has 2 heterocycles. The van der Waals surface area contributed by atoms with Crippen LogP contribution in [-0.2, 0) is 16.0 Å². The molecule has 2 amide bonds. The van der Waals surface area contributed by atoms with Crippen LogP contribution < -0.4 is 10.1 Å². The van der Waals surface area contributed by atoms with E-state index >= 15 is 0 Å². The summed E-state index contributed by atoms with van der Waals surface area (Å²) in [5, 5.41) is 3.08. The van der Waals surface area contributed by atoms with Crippen molar-refractivity contribution in [3.8, 4) is 5.75 Å². The summed E-state index contributed by atoms with van der Waals surface area (Å²) in [7, 11) is 0. The predicted octanol–water partition coefficient (Wildman–Crippen LogP) is 1.90. The second kappa shape index (κ2) is 7.02. The van der Waals surface area contributed by atoms with Crippen molar-refractivity contribution in [1.82, 2.24) is 10.2 Å². The molecule has 2 aliphatic rings. The maximum atomic E-state index is 12.6. The Hall–Kier alpha value is -2.04. The molecule has 1 aromatic rings. The van der Waals surface area contributed by atoms with Gasteiger partial charge in [-0.2, -0.15) is 0 Å². The number of nitrogens with zero attached hydrogens (tertiary/aromatic N) is 1. The minimum Gasteiger partial charge on any atom is -0.491 e. The number of rotatable bonds is 3. The quantitative estimate of drug-likeness (QED) is 0.926. The Labute approximate surface area is 137 Å². The number of piperidine rings is 1. The summed E-state index contributed by atoms with van der Waals surface area (Å²) in [6.07, 6.45) is 3.95. The maximum Gasteiger partial charge on any atom is 0.243 e. The molecule has 2 aliphatic heterocycles. The van der Waals surface area contributed by atoms with E-state index in [0.29, 0.717) is 19.6 Å².